The van der Waals surface area contributed by atoms with Gasteiger partial charge in [-0.2, -0.15) is 0 Å². The van der Waals surface area contributed by atoms with Crippen LogP contribution in [-0.4, -0.2) is 12.0 Å². The van der Waals surface area contributed by atoms with Gasteiger partial charge in [0, 0.05) is 24.1 Å². The van der Waals surface area contributed by atoms with Crippen molar-refractivity contribution in [3.63, 3.8) is 0 Å². The third-order valence-corrected chi connectivity index (χ3v) is 4.94. The SMILES string of the molecule is C=C/C(=C\c1[nH]c(C)cc1C(C)CC)C/C=C(/C=C(\C)NC)C(\C=C)=C/C. The third kappa shape index (κ3) is 6.63. The fraction of sp³-hybridized carbons (Fsp3) is 0.360. The number of H-pyrrole nitrogens is 1. The topological polar surface area (TPSA) is 27.8 Å². The molecule has 0 bridgehead atoms. The fourth-order valence-corrected chi connectivity index (χ4v) is 2.96. The van der Waals surface area contributed by atoms with Gasteiger partial charge in [-0.1, -0.05) is 51.3 Å². The highest BCUT2D eigenvalue weighted by atomic mass is 14.8. The molecule has 0 saturated heterocycles. The Hall–Kier alpha value is -2.48. The normalized spacial score (nSPS) is 14.9. The van der Waals surface area contributed by atoms with Crippen molar-refractivity contribution in [1.82, 2.24) is 10.3 Å². The van der Waals surface area contributed by atoms with Crippen LogP contribution in [0.2, 0.25) is 0 Å². The largest absolute Gasteiger partial charge is 0.392 e. The molecule has 0 aliphatic heterocycles. The molecule has 2 nitrogen and oxygen atoms in total. The zero-order chi connectivity index (χ0) is 20.4. The van der Waals surface area contributed by atoms with E-state index in [1.54, 1.807) is 0 Å². The molecule has 0 amide bonds. The van der Waals surface area contributed by atoms with Crippen LogP contribution in [0, 0.1) is 6.92 Å². The quantitative estimate of drug-likeness (QED) is 0.431. The number of rotatable bonds is 10. The molecule has 0 spiro atoms. The van der Waals surface area contributed by atoms with Crippen molar-refractivity contribution in [2.24, 2.45) is 0 Å². The van der Waals surface area contributed by atoms with Gasteiger partial charge in [0.25, 0.3) is 0 Å². The average Bonchev–Trinajstić information content (AvgIpc) is 3.04. The average molecular weight is 365 g/mol. The van der Waals surface area contributed by atoms with Crippen LogP contribution in [0.1, 0.15) is 63.4 Å². The monoisotopic (exact) mass is 364 g/mol. The molecule has 146 valence electrons. The van der Waals surface area contributed by atoms with Crippen LogP contribution in [0.5, 0.6) is 0 Å². The molecule has 0 aliphatic carbocycles. The molecule has 1 aromatic rings. The van der Waals surface area contributed by atoms with Crippen molar-refractivity contribution < 1.29 is 0 Å². The Bertz CT molecular complexity index is 766. The molecule has 1 heterocycles. The van der Waals surface area contributed by atoms with E-state index in [2.05, 4.69) is 81.5 Å². The van der Waals surface area contributed by atoms with Crippen LogP contribution < -0.4 is 5.32 Å². The van der Waals surface area contributed by atoms with Crippen LogP contribution >= 0.6 is 0 Å². The van der Waals surface area contributed by atoms with Crippen molar-refractivity contribution in [1.29, 1.82) is 0 Å². The first-order valence-corrected chi connectivity index (χ1v) is 9.77. The van der Waals surface area contributed by atoms with Gasteiger partial charge in [-0.25, -0.2) is 0 Å². The second-order valence-electron chi connectivity index (χ2n) is 6.94. The molecule has 27 heavy (non-hydrogen) atoms. The number of nitrogens with one attached hydrogen (secondary N) is 2. The van der Waals surface area contributed by atoms with E-state index < -0.39 is 0 Å². The molecule has 1 rings (SSSR count). The van der Waals surface area contributed by atoms with Crippen LogP contribution in [0.3, 0.4) is 0 Å². The van der Waals surface area contributed by atoms with E-state index in [-0.39, 0.29) is 0 Å². The summed E-state index contributed by atoms with van der Waals surface area (Å²) in [5, 5.41) is 3.19. The summed E-state index contributed by atoms with van der Waals surface area (Å²) in [5.41, 5.74) is 8.38. The number of hydrogen-bond acceptors (Lipinski definition) is 1. The van der Waals surface area contributed by atoms with Gasteiger partial charge in [0.2, 0.25) is 0 Å². The van der Waals surface area contributed by atoms with E-state index in [9.17, 15) is 0 Å². The highest BCUT2D eigenvalue weighted by Crippen LogP contribution is 2.26. The molecule has 0 aliphatic rings. The first kappa shape index (κ1) is 22.6. The molecule has 1 aromatic heterocycles. The van der Waals surface area contributed by atoms with E-state index in [1.807, 2.05) is 26.1 Å². The molecule has 0 radical (unpaired) electrons. The van der Waals surface area contributed by atoms with E-state index in [1.165, 1.54) is 22.5 Å². The number of allylic oxidation sites excluding steroid dienone is 9. The van der Waals surface area contributed by atoms with Crippen LogP contribution in [0.25, 0.3) is 6.08 Å². The zero-order valence-electron chi connectivity index (χ0n) is 17.9. The Balaban J connectivity index is 3.25. The third-order valence-electron chi connectivity index (χ3n) is 4.94. The number of aromatic nitrogens is 1. The smallest absolute Gasteiger partial charge is 0.0420 e. The van der Waals surface area contributed by atoms with Crippen LogP contribution in [0.15, 0.2) is 72.0 Å². The van der Waals surface area contributed by atoms with Gasteiger partial charge in [0.05, 0.1) is 0 Å². The van der Waals surface area contributed by atoms with Crippen LogP contribution in [0.4, 0.5) is 0 Å². The van der Waals surface area contributed by atoms with Gasteiger partial charge in [0.15, 0.2) is 0 Å². The van der Waals surface area contributed by atoms with Gasteiger partial charge >= 0.3 is 0 Å². The van der Waals surface area contributed by atoms with Crippen LogP contribution in [-0.2, 0) is 0 Å². The minimum Gasteiger partial charge on any atom is -0.392 e. The van der Waals surface area contributed by atoms with Gasteiger partial charge in [0.1, 0.15) is 0 Å². The summed E-state index contributed by atoms with van der Waals surface area (Å²) >= 11 is 0. The molecule has 1 unspecified atom stereocenters. The van der Waals surface area contributed by atoms with E-state index in [0.717, 1.165) is 29.7 Å². The Morgan fingerprint density at radius 2 is 1.96 bits per heavy atom. The Morgan fingerprint density at radius 3 is 2.48 bits per heavy atom. The summed E-state index contributed by atoms with van der Waals surface area (Å²) in [6.45, 7) is 18.7. The lowest BCUT2D eigenvalue weighted by atomic mass is 9.96. The minimum atomic E-state index is 0.537. The van der Waals surface area contributed by atoms with E-state index >= 15 is 0 Å². The molecule has 0 aromatic carbocycles. The van der Waals surface area contributed by atoms with Gasteiger partial charge in [-0.3, -0.25) is 0 Å². The number of aryl methyl sites for hydroxylation is 1. The van der Waals surface area contributed by atoms with Crippen molar-refractivity contribution in [3.8, 4) is 0 Å². The van der Waals surface area contributed by atoms with Crippen molar-refractivity contribution in [2.45, 2.75) is 53.4 Å². The second-order valence-corrected chi connectivity index (χ2v) is 6.94. The highest BCUT2D eigenvalue weighted by Gasteiger charge is 2.11. The number of hydrogen-bond donors (Lipinski definition) is 2. The predicted octanol–water partition coefficient (Wildman–Crippen LogP) is 6.98. The Morgan fingerprint density at radius 1 is 1.26 bits per heavy atom. The molecule has 2 heteroatoms. The maximum absolute atomic E-state index is 4.02. The van der Waals surface area contributed by atoms with Gasteiger partial charge < -0.3 is 10.3 Å². The lowest BCUT2D eigenvalue weighted by Crippen LogP contribution is -2.02. The summed E-state index contributed by atoms with van der Waals surface area (Å²) in [6.07, 6.45) is 14.5. The molecular formula is C25H36N2. The minimum absolute atomic E-state index is 0.537. The molecule has 0 saturated carbocycles. The fourth-order valence-electron chi connectivity index (χ4n) is 2.96. The lowest BCUT2D eigenvalue weighted by molar-refractivity contribution is 0.733. The summed E-state index contributed by atoms with van der Waals surface area (Å²) < 4.78 is 0. The highest BCUT2D eigenvalue weighted by molar-refractivity contribution is 5.58. The zero-order valence-corrected chi connectivity index (χ0v) is 17.9. The Kier molecular flexibility index (Phi) is 9.42. The van der Waals surface area contributed by atoms with Crippen molar-refractivity contribution >= 4 is 6.08 Å². The number of aromatic amines is 1. The Labute approximate surface area is 166 Å². The molecular weight excluding hydrogens is 328 g/mol. The van der Waals surface area contributed by atoms with Gasteiger partial charge in [-0.15, -0.1) is 0 Å². The molecule has 2 N–H and O–H groups in total. The first-order valence-electron chi connectivity index (χ1n) is 9.77. The molecule has 1 atom stereocenters. The summed E-state index contributed by atoms with van der Waals surface area (Å²) in [4.78, 5) is 3.50. The van der Waals surface area contributed by atoms with Crippen molar-refractivity contribution in [3.05, 3.63) is 89.0 Å². The maximum Gasteiger partial charge on any atom is 0.0420 e. The van der Waals surface area contributed by atoms with Crippen molar-refractivity contribution in [2.75, 3.05) is 7.05 Å². The summed E-state index contributed by atoms with van der Waals surface area (Å²) in [6, 6.07) is 2.26. The summed E-state index contributed by atoms with van der Waals surface area (Å²) in [7, 11) is 1.94. The van der Waals surface area contributed by atoms with E-state index in [0.29, 0.717) is 5.92 Å². The predicted molar refractivity (Wildman–Crippen MR) is 122 cm³/mol. The maximum atomic E-state index is 4.02. The lowest BCUT2D eigenvalue weighted by Gasteiger charge is -2.09. The first-order chi connectivity index (χ1) is 12.9. The standard InChI is InChI=1S/C25H36N2/c1-9-18(5)24-16-20(7)27-25(24)17-21(10-2)13-14-23(15-19(6)26-8)22(11-3)12-4/h10-12,14-18,26-27H,2-3,9,13H2,1,4-8H3/b19-15+,21-17+,22-12-,23-14-. The molecule has 0 fully saturated rings. The van der Waals surface area contributed by atoms with E-state index in [4.69, 9.17) is 0 Å². The summed E-state index contributed by atoms with van der Waals surface area (Å²) in [5.74, 6) is 0.537. The second kappa shape index (κ2) is 11.3. The van der Waals surface area contributed by atoms with Gasteiger partial charge in [-0.05, 0) is 80.0 Å².